The Morgan fingerprint density at radius 2 is 1.93 bits per heavy atom. The summed E-state index contributed by atoms with van der Waals surface area (Å²) in [5.41, 5.74) is 0.126. The van der Waals surface area contributed by atoms with Crippen LogP contribution in [0.4, 0.5) is 13.2 Å². The van der Waals surface area contributed by atoms with Gasteiger partial charge in [-0.3, -0.25) is 4.79 Å². The maximum Gasteiger partial charge on any atom is 0.422 e. The molecule has 0 aliphatic carbocycles. The second-order valence-electron chi connectivity index (χ2n) is 6.54. The van der Waals surface area contributed by atoms with Crippen LogP contribution in [-0.4, -0.2) is 52.6 Å². The van der Waals surface area contributed by atoms with E-state index in [1.165, 1.54) is 13.2 Å². The molecule has 1 amide bonds. The summed E-state index contributed by atoms with van der Waals surface area (Å²) in [4.78, 5) is 12.7. The molecule has 2 rings (SSSR count). The normalized spacial score (nSPS) is 16.6. The van der Waals surface area contributed by atoms with Gasteiger partial charge in [0, 0.05) is 13.7 Å². The van der Waals surface area contributed by atoms with Gasteiger partial charge < -0.3 is 24.8 Å². The highest BCUT2D eigenvalue weighted by Crippen LogP contribution is 2.31. The highest BCUT2D eigenvalue weighted by Gasteiger charge is 2.39. The second-order valence-corrected chi connectivity index (χ2v) is 6.54. The van der Waals surface area contributed by atoms with Crippen molar-refractivity contribution in [2.75, 3.05) is 40.5 Å². The number of nitrogens with one attached hydrogen (secondary N) is 2. The van der Waals surface area contributed by atoms with Crippen molar-refractivity contribution >= 4 is 5.91 Å². The quantitative estimate of drug-likeness (QED) is 0.713. The first-order chi connectivity index (χ1) is 12.8. The molecular formula is C18H25F3N2O4. The first-order valence-electron chi connectivity index (χ1n) is 8.64. The van der Waals surface area contributed by atoms with Gasteiger partial charge in [0.1, 0.15) is 0 Å². The molecule has 0 saturated carbocycles. The average Bonchev–Trinajstić information content (AvgIpc) is 2.65. The van der Waals surface area contributed by atoms with Crippen molar-refractivity contribution in [1.29, 1.82) is 0 Å². The van der Waals surface area contributed by atoms with Crippen molar-refractivity contribution in [1.82, 2.24) is 10.6 Å². The van der Waals surface area contributed by atoms with E-state index in [0.717, 1.165) is 13.1 Å². The third-order valence-corrected chi connectivity index (χ3v) is 4.54. The lowest BCUT2D eigenvalue weighted by atomic mass is 9.78. The van der Waals surface area contributed by atoms with E-state index in [-0.39, 0.29) is 24.0 Å². The molecule has 1 aliphatic heterocycles. The Hall–Kier alpha value is -2.00. The lowest BCUT2D eigenvalue weighted by molar-refractivity contribution is -0.153. The molecule has 0 atom stereocenters. The minimum absolute atomic E-state index is 0.000824. The van der Waals surface area contributed by atoms with Gasteiger partial charge in [0.2, 0.25) is 5.91 Å². The minimum Gasteiger partial charge on any atom is -0.493 e. The molecule has 1 aliphatic rings. The Labute approximate surface area is 156 Å². The molecule has 2 N–H and O–H groups in total. The third-order valence-electron chi connectivity index (χ3n) is 4.54. The van der Waals surface area contributed by atoms with Crippen LogP contribution in [0.1, 0.15) is 18.4 Å². The van der Waals surface area contributed by atoms with E-state index < -0.39 is 18.2 Å². The number of ether oxygens (including phenoxy) is 3. The van der Waals surface area contributed by atoms with Crippen molar-refractivity contribution in [3.8, 4) is 11.5 Å². The van der Waals surface area contributed by atoms with Crippen LogP contribution >= 0.6 is 0 Å². The van der Waals surface area contributed by atoms with Crippen LogP contribution in [0, 0.1) is 5.41 Å². The smallest absolute Gasteiger partial charge is 0.422 e. The molecule has 0 radical (unpaired) electrons. The highest BCUT2D eigenvalue weighted by molar-refractivity contribution is 5.83. The van der Waals surface area contributed by atoms with Gasteiger partial charge in [-0.05, 0) is 43.6 Å². The van der Waals surface area contributed by atoms with Gasteiger partial charge in [0.25, 0.3) is 0 Å². The van der Waals surface area contributed by atoms with E-state index in [1.807, 2.05) is 0 Å². The zero-order valence-corrected chi connectivity index (χ0v) is 15.4. The fourth-order valence-electron chi connectivity index (χ4n) is 3.09. The molecule has 0 bridgehead atoms. The summed E-state index contributed by atoms with van der Waals surface area (Å²) in [7, 11) is 2.92. The fourth-order valence-corrected chi connectivity index (χ4v) is 3.09. The molecule has 6 nitrogen and oxygen atoms in total. The Bertz CT molecular complexity index is 626. The van der Waals surface area contributed by atoms with Gasteiger partial charge in [-0.15, -0.1) is 0 Å². The van der Waals surface area contributed by atoms with Gasteiger partial charge in [-0.25, -0.2) is 0 Å². The molecule has 1 saturated heterocycles. The zero-order chi connectivity index (χ0) is 19.9. The van der Waals surface area contributed by atoms with Gasteiger partial charge >= 0.3 is 6.18 Å². The van der Waals surface area contributed by atoms with Crippen molar-refractivity contribution in [2.45, 2.75) is 25.6 Å². The fraction of sp³-hybridized carbons (Fsp3) is 0.611. The number of halogens is 3. The largest absolute Gasteiger partial charge is 0.493 e. The van der Waals surface area contributed by atoms with Crippen molar-refractivity contribution in [3.63, 3.8) is 0 Å². The number of carbonyl (C=O) groups is 1. The lowest BCUT2D eigenvalue weighted by Crippen LogP contribution is -2.49. The number of alkyl halides is 3. The van der Waals surface area contributed by atoms with E-state index in [9.17, 15) is 18.0 Å². The minimum atomic E-state index is -4.43. The predicted octanol–water partition coefficient (Wildman–Crippen LogP) is 2.27. The van der Waals surface area contributed by atoms with E-state index in [0.29, 0.717) is 25.0 Å². The lowest BCUT2D eigenvalue weighted by Gasteiger charge is -2.35. The van der Waals surface area contributed by atoms with Crippen LogP contribution in [0.15, 0.2) is 18.2 Å². The Kier molecular flexibility index (Phi) is 7.32. The van der Waals surface area contributed by atoms with E-state index in [2.05, 4.69) is 10.6 Å². The first-order valence-corrected chi connectivity index (χ1v) is 8.64. The zero-order valence-electron chi connectivity index (χ0n) is 15.4. The second kappa shape index (κ2) is 9.27. The number of hydrogen-bond acceptors (Lipinski definition) is 5. The van der Waals surface area contributed by atoms with Crippen LogP contribution in [0.2, 0.25) is 0 Å². The number of carbonyl (C=O) groups excluding carboxylic acids is 1. The summed E-state index contributed by atoms with van der Waals surface area (Å²) in [5, 5.41) is 6.12. The van der Waals surface area contributed by atoms with Crippen molar-refractivity contribution in [3.05, 3.63) is 23.8 Å². The Balaban J connectivity index is 2.01. The molecule has 0 aromatic heterocycles. The number of piperidine rings is 1. The Morgan fingerprint density at radius 1 is 1.22 bits per heavy atom. The van der Waals surface area contributed by atoms with Gasteiger partial charge in [0.05, 0.1) is 19.1 Å². The van der Waals surface area contributed by atoms with E-state index in [4.69, 9.17) is 14.2 Å². The van der Waals surface area contributed by atoms with Crippen LogP contribution in [0.5, 0.6) is 11.5 Å². The van der Waals surface area contributed by atoms with Gasteiger partial charge in [0.15, 0.2) is 18.1 Å². The molecule has 1 heterocycles. The maximum atomic E-state index is 12.7. The van der Waals surface area contributed by atoms with Crippen LogP contribution in [-0.2, 0) is 16.1 Å². The summed E-state index contributed by atoms with van der Waals surface area (Å²) in [6.45, 7) is 0.667. The van der Waals surface area contributed by atoms with Gasteiger partial charge in [-0.2, -0.15) is 13.2 Å². The van der Waals surface area contributed by atoms with E-state index in [1.54, 1.807) is 19.2 Å². The maximum absolute atomic E-state index is 12.7. The van der Waals surface area contributed by atoms with Crippen molar-refractivity contribution < 1.29 is 32.2 Å². The molecular weight excluding hydrogens is 365 g/mol. The number of rotatable bonds is 8. The summed E-state index contributed by atoms with van der Waals surface area (Å²) < 4.78 is 52.0. The third kappa shape index (κ3) is 6.00. The summed E-state index contributed by atoms with van der Waals surface area (Å²) in [5.74, 6) is 0.0841. The van der Waals surface area contributed by atoms with Crippen LogP contribution < -0.4 is 20.1 Å². The first kappa shape index (κ1) is 21.3. The number of hydrogen-bond donors (Lipinski definition) is 2. The van der Waals surface area contributed by atoms with Crippen molar-refractivity contribution in [2.24, 2.45) is 5.41 Å². The number of methoxy groups -OCH3 is 2. The highest BCUT2D eigenvalue weighted by atomic mass is 19.4. The predicted molar refractivity (Wildman–Crippen MR) is 92.8 cm³/mol. The topological polar surface area (TPSA) is 68.8 Å². The molecule has 1 aromatic rings. The number of benzene rings is 1. The molecule has 9 heteroatoms. The van der Waals surface area contributed by atoms with Gasteiger partial charge in [-0.1, -0.05) is 6.07 Å². The standard InChI is InChI=1S/C18H25F3N2O4/c1-25-11-17(5-7-22-8-6-17)16(24)23-10-13-3-4-14(15(9-13)26-2)27-12-18(19,20)21/h3-4,9,22H,5-8,10-12H2,1-2H3,(H,23,24). The Morgan fingerprint density at radius 3 is 2.52 bits per heavy atom. The SMILES string of the molecule is COCC1(C(=O)NCc2ccc(OCC(F)(F)F)c(OC)c2)CCNCC1. The molecule has 0 unspecified atom stereocenters. The average molecular weight is 390 g/mol. The van der Waals surface area contributed by atoms with Crippen LogP contribution in [0.25, 0.3) is 0 Å². The van der Waals surface area contributed by atoms with E-state index >= 15 is 0 Å². The summed E-state index contributed by atoms with van der Waals surface area (Å²) >= 11 is 0. The van der Waals surface area contributed by atoms with Crippen LogP contribution in [0.3, 0.4) is 0 Å². The molecule has 1 aromatic carbocycles. The monoisotopic (exact) mass is 390 g/mol. The molecule has 27 heavy (non-hydrogen) atoms. The number of amides is 1. The molecule has 152 valence electrons. The summed E-state index contributed by atoms with van der Waals surface area (Å²) in [6.07, 6.45) is -3.07. The molecule has 0 spiro atoms. The summed E-state index contributed by atoms with van der Waals surface area (Å²) in [6, 6.07) is 4.55. The molecule has 1 fully saturated rings.